The van der Waals surface area contributed by atoms with Crippen molar-refractivity contribution in [1.29, 1.82) is 0 Å². The fraction of sp³-hybridized carbons (Fsp3) is 0.0164. The summed E-state index contributed by atoms with van der Waals surface area (Å²) in [5.41, 5.74) is 16.7. The molecule has 12 rings (SSSR count). The van der Waals surface area contributed by atoms with E-state index in [0.717, 1.165) is 44.6 Å². The van der Waals surface area contributed by atoms with Gasteiger partial charge in [-0.1, -0.05) is 237 Å². The lowest BCUT2D eigenvalue weighted by atomic mass is 9.66. The van der Waals surface area contributed by atoms with Gasteiger partial charge in [0.05, 0.1) is 16.8 Å². The highest BCUT2D eigenvalue weighted by atomic mass is 14.9. The Labute approximate surface area is 367 Å². The van der Waals surface area contributed by atoms with Crippen LogP contribution >= 0.6 is 0 Å². The van der Waals surface area contributed by atoms with Crippen molar-refractivity contribution in [1.82, 2.24) is 9.97 Å². The standard InChI is InChI=1S/C61H40N2/c1-5-20-41(21-6-1)46-29-15-18-33-51(46)56-40-57(63-60(62-56)43-23-7-2-8-24-43)52-39-38-50(48-31-16-17-32-49(48)52)53-34-19-35-55-58(53)54-37-36-42-22-13-14-30-47(42)59(54)61(55,44-25-9-3-10-26-44)45-27-11-4-12-28-45/h1-40H. The zero-order chi connectivity index (χ0) is 41.7. The van der Waals surface area contributed by atoms with E-state index in [1.807, 2.05) is 6.07 Å². The van der Waals surface area contributed by atoms with Gasteiger partial charge in [0.1, 0.15) is 0 Å². The Hall–Kier alpha value is -8.20. The highest BCUT2D eigenvalue weighted by Gasteiger charge is 2.48. The van der Waals surface area contributed by atoms with E-state index in [-0.39, 0.29) is 0 Å². The van der Waals surface area contributed by atoms with Crippen LogP contribution in [0.15, 0.2) is 243 Å². The summed E-state index contributed by atoms with van der Waals surface area (Å²) in [7, 11) is 0. The predicted octanol–water partition coefficient (Wildman–Crippen LogP) is 15.5. The summed E-state index contributed by atoms with van der Waals surface area (Å²) in [5, 5.41) is 4.82. The lowest BCUT2D eigenvalue weighted by Crippen LogP contribution is -2.28. The van der Waals surface area contributed by atoms with Crippen molar-refractivity contribution in [3.05, 3.63) is 265 Å². The molecular formula is C61H40N2. The molecule has 0 amide bonds. The van der Waals surface area contributed by atoms with Gasteiger partial charge in [-0.15, -0.1) is 0 Å². The van der Waals surface area contributed by atoms with Crippen LogP contribution in [0.5, 0.6) is 0 Å². The molecule has 0 unspecified atom stereocenters. The zero-order valence-electron chi connectivity index (χ0n) is 34.5. The van der Waals surface area contributed by atoms with Gasteiger partial charge in [0.15, 0.2) is 5.82 Å². The maximum absolute atomic E-state index is 5.35. The number of rotatable bonds is 7. The summed E-state index contributed by atoms with van der Waals surface area (Å²) in [6.45, 7) is 0. The number of nitrogens with zero attached hydrogens (tertiary/aromatic N) is 2. The molecule has 1 heterocycles. The van der Waals surface area contributed by atoms with Crippen LogP contribution in [-0.2, 0) is 5.41 Å². The number of aromatic nitrogens is 2. The van der Waals surface area contributed by atoms with E-state index in [9.17, 15) is 0 Å². The summed E-state index contributed by atoms with van der Waals surface area (Å²) >= 11 is 0. The Kier molecular flexibility index (Phi) is 8.76. The fourth-order valence-corrected chi connectivity index (χ4v) is 10.3. The van der Waals surface area contributed by atoms with Crippen LogP contribution in [0, 0.1) is 0 Å². The first-order chi connectivity index (χ1) is 31.3. The summed E-state index contributed by atoms with van der Waals surface area (Å²) < 4.78 is 0. The molecule has 0 aliphatic heterocycles. The first kappa shape index (κ1) is 36.6. The van der Waals surface area contributed by atoms with Crippen molar-refractivity contribution in [2.75, 3.05) is 0 Å². The first-order valence-electron chi connectivity index (χ1n) is 21.7. The summed E-state index contributed by atoms with van der Waals surface area (Å²) in [6, 6.07) is 87.7. The average molecular weight is 801 g/mol. The van der Waals surface area contributed by atoms with Crippen LogP contribution in [0.3, 0.4) is 0 Å². The molecule has 2 nitrogen and oxygen atoms in total. The van der Waals surface area contributed by atoms with E-state index < -0.39 is 5.41 Å². The minimum atomic E-state index is -0.541. The van der Waals surface area contributed by atoms with E-state index in [2.05, 4.69) is 237 Å². The molecule has 11 aromatic rings. The minimum Gasteiger partial charge on any atom is -0.228 e. The molecule has 10 aromatic carbocycles. The Bertz CT molecular complexity index is 3450. The second-order valence-electron chi connectivity index (χ2n) is 16.4. The molecule has 1 aliphatic rings. The topological polar surface area (TPSA) is 25.8 Å². The van der Waals surface area contributed by atoms with Gasteiger partial charge in [0, 0.05) is 16.7 Å². The largest absolute Gasteiger partial charge is 0.228 e. The van der Waals surface area contributed by atoms with Crippen molar-refractivity contribution in [2.24, 2.45) is 0 Å². The number of fused-ring (bicyclic) bond motifs is 6. The van der Waals surface area contributed by atoms with Crippen molar-refractivity contribution in [3.8, 4) is 67.3 Å². The molecule has 0 spiro atoms. The van der Waals surface area contributed by atoms with E-state index >= 15 is 0 Å². The third kappa shape index (κ3) is 5.87. The Morgan fingerprint density at radius 1 is 0.302 bits per heavy atom. The van der Waals surface area contributed by atoms with Crippen molar-refractivity contribution in [3.63, 3.8) is 0 Å². The van der Waals surface area contributed by atoms with E-state index in [1.165, 1.54) is 60.7 Å². The average Bonchev–Trinajstić information content (AvgIpc) is 3.69. The van der Waals surface area contributed by atoms with Crippen molar-refractivity contribution < 1.29 is 0 Å². The fourth-order valence-electron chi connectivity index (χ4n) is 10.3. The monoisotopic (exact) mass is 800 g/mol. The molecule has 0 N–H and O–H groups in total. The Morgan fingerprint density at radius 3 is 1.48 bits per heavy atom. The van der Waals surface area contributed by atoms with Crippen LogP contribution in [-0.4, -0.2) is 9.97 Å². The first-order valence-corrected chi connectivity index (χ1v) is 21.7. The molecule has 0 radical (unpaired) electrons. The second-order valence-corrected chi connectivity index (χ2v) is 16.4. The third-order valence-corrected chi connectivity index (χ3v) is 13.0. The van der Waals surface area contributed by atoms with Gasteiger partial charge in [-0.05, 0) is 83.2 Å². The van der Waals surface area contributed by atoms with Crippen LogP contribution in [0.4, 0.5) is 0 Å². The molecule has 294 valence electrons. The van der Waals surface area contributed by atoms with Gasteiger partial charge in [-0.25, -0.2) is 9.97 Å². The van der Waals surface area contributed by atoms with Gasteiger partial charge in [-0.2, -0.15) is 0 Å². The SMILES string of the molecule is c1ccc(-c2nc(-c3ccccc3-c3ccccc3)cc(-c3ccc(-c4cccc5c4-c4ccc6ccccc6c4C5(c4ccccc4)c4ccccc4)c4ccccc34)n2)cc1. The highest BCUT2D eigenvalue weighted by Crippen LogP contribution is 2.60. The molecule has 0 atom stereocenters. The predicted molar refractivity (Wildman–Crippen MR) is 262 cm³/mol. The number of benzene rings is 10. The maximum Gasteiger partial charge on any atom is 0.160 e. The van der Waals surface area contributed by atoms with E-state index in [0.29, 0.717) is 5.82 Å². The van der Waals surface area contributed by atoms with Crippen LogP contribution in [0.2, 0.25) is 0 Å². The molecule has 0 bridgehead atoms. The zero-order valence-corrected chi connectivity index (χ0v) is 34.5. The van der Waals surface area contributed by atoms with Gasteiger partial charge < -0.3 is 0 Å². The van der Waals surface area contributed by atoms with E-state index in [1.54, 1.807) is 0 Å². The maximum atomic E-state index is 5.35. The van der Waals surface area contributed by atoms with Crippen molar-refractivity contribution >= 4 is 21.5 Å². The molecule has 0 saturated heterocycles. The molecule has 0 fully saturated rings. The smallest absolute Gasteiger partial charge is 0.160 e. The lowest BCUT2D eigenvalue weighted by molar-refractivity contribution is 0.775. The Balaban J connectivity index is 1.11. The molecule has 63 heavy (non-hydrogen) atoms. The lowest BCUT2D eigenvalue weighted by Gasteiger charge is -2.34. The molecule has 2 heteroatoms. The van der Waals surface area contributed by atoms with Gasteiger partial charge in [0.2, 0.25) is 0 Å². The van der Waals surface area contributed by atoms with Crippen LogP contribution in [0.1, 0.15) is 22.3 Å². The third-order valence-electron chi connectivity index (χ3n) is 13.0. The summed E-state index contributed by atoms with van der Waals surface area (Å²) in [6.07, 6.45) is 0. The number of hydrogen-bond acceptors (Lipinski definition) is 2. The molecular weight excluding hydrogens is 761 g/mol. The number of hydrogen-bond donors (Lipinski definition) is 0. The second kappa shape index (κ2) is 15.1. The molecule has 1 aromatic heterocycles. The van der Waals surface area contributed by atoms with Crippen LogP contribution < -0.4 is 0 Å². The summed E-state index contributed by atoms with van der Waals surface area (Å²) in [4.78, 5) is 10.6. The minimum absolute atomic E-state index is 0.541. The van der Waals surface area contributed by atoms with E-state index in [4.69, 9.17) is 9.97 Å². The normalized spacial score (nSPS) is 12.6. The molecule has 0 saturated carbocycles. The highest BCUT2D eigenvalue weighted by molar-refractivity contribution is 6.10. The quantitative estimate of drug-likeness (QED) is 0.160. The van der Waals surface area contributed by atoms with Crippen LogP contribution in [0.25, 0.3) is 88.8 Å². The Morgan fingerprint density at radius 2 is 0.794 bits per heavy atom. The van der Waals surface area contributed by atoms with Gasteiger partial charge in [0.25, 0.3) is 0 Å². The summed E-state index contributed by atoms with van der Waals surface area (Å²) in [5.74, 6) is 0.696. The van der Waals surface area contributed by atoms with Gasteiger partial charge >= 0.3 is 0 Å². The molecule has 1 aliphatic carbocycles. The van der Waals surface area contributed by atoms with Crippen molar-refractivity contribution in [2.45, 2.75) is 5.41 Å². The van der Waals surface area contributed by atoms with Gasteiger partial charge in [-0.3, -0.25) is 0 Å².